The molecule has 0 aromatic carbocycles. The molecule has 3 aliphatic heterocycles. The summed E-state index contributed by atoms with van der Waals surface area (Å²) >= 11 is 0. The Bertz CT molecular complexity index is 710. The molecule has 4 fully saturated rings. The minimum Gasteiger partial charge on any atom is -0.393 e. The van der Waals surface area contributed by atoms with Crippen molar-refractivity contribution in [1.82, 2.24) is 0 Å². The topological polar surface area (TPSA) is 96.0 Å². The highest BCUT2D eigenvalue weighted by atomic mass is 16.6. The lowest BCUT2D eigenvalue weighted by Gasteiger charge is -2.35. The van der Waals surface area contributed by atoms with Gasteiger partial charge < -0.3 is 14.2 Å². The largest absolute Gasteiger partial charge is 0.393 e. The van der Waals surface area contributed by atoms with Gasteiger partial charge in [-0.2, -0.15) is 0 Å². The maximum Gasteiger partial charge on any atom is 0.321 e. The minimum atomic E-state index is -1.25. The average Bonchev–Trinajstić information content (AvgIpc) is 3.23. The van der Waals surface area contributed by atoms with Crippen LogP contribution in [0.4, 0.5) is 0 Å². The molecule has 5 aliphatic rings. The van der Waals surface area contributed by atoms with E-state index in [2.05, 4.69) is 4.74 Å². The molecule has 3 saturated heterocycles. The molecule has 27 heavy (non-hydrogen) atoms. The number of rotatable bonds is 1. The van der Waals surface area contributed by atoms with Crippen LogP contribution in [-0.4, -0.2) is 37.1 Å². The van der Waals surface area contributed by atoms with Crippen LogP contribution in [-0.2, 0) is 33.4 Å². The predicted octanol–water partition coefficient (Wildman–Crippen LogP) is 1.94. The second-order valence-electron chi connectivity index (χ2n) is 8.30. The SMILES string of the molecule is C1CC2COCC1C2.CC1=CCCC2(C3CC(=O)OC3=O)C(=O)OC(=O)C12. The standard InChI is InChI=1S/C13H12O6.C7H12O/c1-6-3-2-4-13(7-5-8(14)18-10(7)15)9(6)11(16)19-12(13)17;1-2-7-3-6(1)4-8-5-7/h3,7,9H,2,4-5H2,1H3;6-7H,1-5H2. The highest BCUT2D eigenvalue weighted by molar-refractivity contribution is 6.06. The Labute approximate surface area is 157 Å². The number of ether oxygens (including phenoxy) is 3. The summed E-state index contributed by atoms with van der Waals surface area (Å²) in [5, 5.41) is 0. The van der Waals surface area contributed by atoms with E-state index in [9.17, 15) is 19.2 Å². The lowest BCUT2D eigenvalue weighted by molar-refractivity contribution is -0.162. The summed E-state index contributed by atoms with van der Waals surface area (Å²) in [6, 6.07) is 0. The van der Waals surface area contributed by atoms with E-state index in [0.29, 0.717) is 18.4 Å². The van der Waals surface area contributed by atoms with Crippen molar-refractivity contribution in [2.24, 2.45) is 29.1 Å². The van der Waals surface area contributed by atoms with Gasteiger partial charge in [-0.05, 0) is 50.9 Å². The molecular formula is C20H24O7. The van der Waals surface area contributed by atoms with Crippen LogP contribution in [0.15, 0.2) is 11.6 Å². The van der Waals surface area contributed by atoms with Gasteiger partial charge in [0.15, 0.2) is 0 Å². The second kappa shape index (κ2) is 6.86. The average molecular weight is 376 g/mol. The molecule has 5 rings (SSSR count). The number of allylic oxidation sites excluding steroid dienone is 1. The first kappa shape index (κ1) is 18.3. The molecule has 3 heterocycles. The summed E-state index contributed by atoms with van der Waals surface area (Å²) in [6.07, 6.45) is 6.93. The summed E-state index contributed by atoms with van der Waals surface area (Å²) in [4.78, 5) is 47.1. The van der Waals surface area contributed by atoms with Crippen molar-refractivity contribution in [3.8, 4) is 0 Å². The smallest absolute Gasteiger partial charge is 0.321 e. The van der Waals surface area contributed by atoms with Crippen LogP contribution >= 0.6 is 0 Å². The van der Waals surface area contributed by atoms with Crippen molar-refractivity contribution in [2.75, 3.05) is 13.2 Å². The van der Waals surface area contributed by atoms with E-state index in [4.69, 9.17) is 9.47 Å². The molecular weight excluding hydrogens is 352 g/mol. The van der Waals surface area contributed by atoms with Gasteiger partial charge in [-0.15, -0.1) is 0 Å². The van der Waals surface area contributed by atoms with Gasteiger partial charge in [0.2, 0.25) is 0 Å². The first-order valence-corrected chi connectivity index (χ1v) is 9.67. The second-order valence-corrected chi connectivity index (χ2v) is 8.30. The van der Waals surface area contributed by atoms with Crippen LogP contribution in [0.2, 0.25) is 0 Å². The van der Waals surface area contributed by atoms with Crippen molar-refractivity contribution in [3.05, 3.63) is 11.6 Å². The molecule has 146 valence electrons. The van der Waals surface area contributed by atoms with Gasteiger partial charge in [-0.3, -0.25) is 19.2 Å². The third-order valence-corrected chi connectivity index (χ3v) is 6.65. The van der Waals surface area contributed by atoms with Gasteiger partial charge in [0.1, 0.15) is 0 Å². The van der Waals surface area contributed by atoms with Crippen LogP contribution in [0.1, 0.15) is 45.4 Å². The van der Waals surface area contributed by atoms with Crippen LogP contribution in [0.5, 0.6) is 0 Å². The number of carbonyl (C=O) groups excluding carboxylic acids is 4. The molecule has 2 bridgehead atoms. The fourth-order valence-electron chi connectivity index (χ4n) is 5.34. The molecule has 0 aromatic heterocycles. The number of carbonyl (C=O) groups is 4. The first-order valence-electron chi connectivity index (χ1n) is 9.67. The monoisotopic (exact) mass is 376 g/mol. The molecule has 2 aliphatic carbocycles. The molecule has 7 heteroatoms. The van der Waals surface area contributed by atoms with Crippen molar-refractivity contribution in [1.29, 1.82) is 0 Å². The first-order chi connectivity index (χ1) is 12.9. The Morgan fingerprint density at radius 3 is 2.30 bits per heavy atom. The maximum absolute atomic E-state index is 12.1. The molecule has 7 nitrogen and oxygen atoms in total. The van der Waals surface area contributed by atoms with Crippen LogP contribution in [0.3, 0.4) is 0 Å². The fourth-order valence-corrected chi connectivity index (χ4v) is 5.34. The van der Waals surface area contributed by atoms with Crippen molar-refractivity contribution in [2.45, 2.75) is 45.4 Å². The fraction of sp³-hybridized carbons (Fsp3) is 0.700. The van der Waals surface area contributed by atoms with Gasteiger partial charge in [0, 0.05) is 13.2 Å². The molecule has 5 unspecified atom stereocenters. The summed E-state index contributed by atoms with van der Waals surface area (Å²) in [5.74, 6) is -2.51. The van der Waals surface area contributed by atoms with E-state index in [0.717, 1.165) is 25.0 Å². The van der Waals surface area contributed by atoms with E-state index < -0.39 is 41.1 Å². The van der Waals surface area contributed by atoms with Gasteiger partial charge in [-0.25, -0.2) is 0 Å². The molecule has 5 atom stereocenters. The zero-order valence-electron chi connectivity index (χ0n) is 15.4. The highest BCUT2D eigenvalue weighted by Gasteiger charge is 2.66. The van der Waals surface area contributed by atoms with Gasteiger partial charge in [0.05, 0.1) is 23.7 Å². The van der Waals surface area contributed by atoms with Crippen LogP contribution in [0, 0.1) is 29.1 Å². The molecule has 1 saturated carbocycles. The van der Waals surface area contributed by atoms with Crippen molar-refractivity contribution in [3.63, 3.8) is 0 Å². The number of hydrogen-bond donors (Lipinski definition) is 0. The molecule has 0 N–H and O–H groups in total. The number of hydrogen-bond acceptors (Lipinski definition) is 7. The Kier molecular flexibility index (Phi) is 4.66. The third kappa shape index (κ3) is 3.02. The summed E-state index contributed by atoms with van der Waals surface area (Å²) in [5.41, 5.74) is -0.534. The molecule has 0 amide bonds. The third-order valence-electron chi connectivity index (χ3n) is 6.65. The summed E-state index contributed by atoms with van der Waals surface area (Å²) in [7, 11) is 0. The maximum atomic E-state index is 12.1. The van der Waals surface area contributed by atoms with Gasteiger partial charge in [-0.1, -0.05) is 11.6 Å². The van der Waals surface area contributed by atoms with E-state index in [-0.39, 0.29) is 6.42 Å². The zero-order valence-corrected chi connectivity index (χ0v) is 15.4. The quantitative estimate of drug-likeness (QED) is 0.392. The van der Waals surface area contributed by atoms with E-state index in [1.54, 1.807) is 6.92 Å². The number of esters is 4. The minimum absolute atomic E-state index is 0.162. The Morgan fingerprint density at radius 2 is 1.70 bits per heavy atom. The Hall–Kier alpha value is -2.02. The number of fused-ring (bicyclic) bond motifs is 3. The van der Waals surface area contributed by atoms with Crippen molar-refractivity contribution >= 4 is 23.9 Å². The van der Waals surface area contributed by atoms with Crippen molar-refractivity contribution < 1.29 is 33.4 Å². The van der Waals surface area contributed by atoms with Gasteiger partial charge >= 0.3 is 23.9 Å². The Balaban J connectivity index is 0.000000186. The summed E-state index contributed by atoms with van der Waals surface area (Å²) in [6.45, 7) is 3.84. The zero-order chi connectivity index (χ0) is 19.2. The van der Waals surface area contributed by atoms with Gasteiger partial charge in [0.25, 0.3) is 0 Å². The number of cyclic esters (lactones) is 4. The molecule has 0 spiro atoms. The van der Waals surface area contributed by atoms with E-state index >= 15 is 0 Å². The predicted molar refractivity (Wildman–Crippen MR) is 90.9 cm³/mol. The normalized spacial score (nSPS) is 40.0. The Morgan fingerprint density at radius 1 is 1.00 bits per heavy atom. The van der Waals surface area contributed by atoms with Crippen LogP contribution < -0.4 is 0 Å². The molecule has 0 aromatic rings. The lowest BCUT2D eigenvalue weighted by Crippen LogP contribution is -2.45. The van der Waals surface area contributed by atoms with E-state index in [1.807, 2.05) is 6.08 Å². The summed E-state index contributed by atoms with van der Waals surface area (Å²) < 4.78 is 14.6. The highest BCUT2D eigenvalue weighted by Crippen LogP contribution is 2.54. The molecule has 0 radical (unpaired) electrons. The van der Waals surface area contributed by atoms with E-state index in [1.165, 1.54) is 19.3 Å². The lowest BCUT2D eigenvalue weighted by atomic mass is 9.60. The van der Waals surface area contributed by atoms with Crippen LogP contribution in [0.25, 0.3) is 0 Å².